The first-order chi connectivity index (χ1) is 10.6. The van der Waals surface area contributed by atoms with Crippen molar-refractivity contribution in [2.24, 2.45) is 5.41 Å². The molecule has 0 radical (unpaired) electrons. The average Bonchev–Trinajstić information content (AvgIpc) is 2.72. The summed E-state index contributed by atoms with van der Waals surface area (Å²) < 4.78 is 5.40. The lowest BCUT2D eigenvalue weighted by molar-refractivity contribution is 0.0479. The predicted octanol–water partition coefficient (Wildman–Crippen LogP) is 3.98. The molecule has 0 spiro atoms. The first-order valence-electron chi connectivity index (χ1n) is 8.37. The number of carbonyl (C=O) groups is 1. The molecule has 1 aromatic rings. The Morgan fingerprint density at radius 1 is 1.30 bits per heavy atom. The predicted molar refractivity (Wildman–Crippen MR) is 93.4 cm³/mol. The first-order valence-corrected chi connectivity index (χ1v) is 8.37. The quantitative estimate of drug-likeness (QED) is 0.916. The molecule has 128 valence electrons. The van der Waals surface area contributed by atoms with E-state index in [0.717, 1.165) is 13.1 Å². The monoisotopic (exact) mass is 318 g/mol. The minimum absolute atomic E-state index is 0.0138. The van der Waals surface area contributed by atoms with Crippen LogP contribution in [-0.2, 0) is 4.74 Å². The van der Waals surface area contributed by atoms with Gasteiger partial charge in [-0.15, -0.1) is 0 Å². The van der Waals surface area contributed by atoms with Crippen molar-refractivity contribution in [2.45, 2.75) is 59.2 Å². The van der Waals surface area contributed by atoms with Gasteiger partial charge in [0.2, 0.25) is 0 Å². The molecule has 4 heteroatoms. The molecule has 2 atom stereocenters. The molecule has 0 aromatic heterocycles. The van der Waals surface area contributed by atoms with E-state index >= 15 is 0 Å². The third-order valence-corrected chi connectivity index (χ3v) is 4.49. The standard InChI is InChI=1S/C19H30N2O2/c1-14(15-10-8-7-9-11-15)21-12-16(19(5,6)13-21)20-17(22)23-18(2,3)4/h7-11,14,16H,12-13H2,1-6H3,(H,20,22)/t14-,16?/m1/s1. The summed E-state index contributed by atoms with van der Waals surface area (Å²) in [5.41, 5.74) is 0.852. The number of likely N-dealkylation sites (tertiary alicyclic amines) is 1. The molecule has 1 amide bonds. The molecule has 0 bridgehead atoms. The molecule has 1 aliphatic rings. The lowest BCUT2D eigenvalue weighted by atomic mass is 9.88. The van der Waals surface area contributed by atoms with Gasteiger partial charge in [0.05, 0.1) is 6.04 Å². The van der Waals surface area contributed by atoms with Crippen LogP contribution in [0.2, 0.25) is 0 Å². The molecular weight excluding hydrogens is 288 g/mol. The number of ether oxygens (including phenoxy) is 1. The molecule has 2 rings (SSSR count). The van der Waals surface area contributed by atoms with Gasteiger partial charge in [0.25, 0.3) is 0 Å². The number of amides is 1. The molecule has 23 heavy (non-hydrogen) atoms. The van der Waals surface area contributed by atoms with Crippen LogP contribution in [0.15, 0.2) is 30.3 Å². The second-order valence-electron chi connectivity index (χ2n) is 8.20. The van der Waals surface area contributed by atoms with Crippen LogP contribution < -0.4 is 5.32 Å². The van der Waals surface area contributed by atoms with E-state index in [0.29, 0.717) is 6.04 Å². The molecule has 0 aliphatic carbocycles. The van der Waals surface area contributed by atoms with Gasteiger partial charge in [0.15, 0.2) is 0 Å². The van der Waals surface area contributed by atoms with E-state index < -0.39 is 5.60 Å². The summed E-state index contributed by atoms with van der Waals surface area (Å²) in [5, 5.41) is 3.06. The lowest BCUT2D eigenvalue weighted by Gasteiger charge is -2.28. The Kier molecular flexibility index (Phi) is 5.04. The number of nitrogens with one attached hydrogen (secondary N) is 1. The van der Waals surface area contributed by atoms with E-state index in [-0.39, 0.29) is 17.6 Å². The van der Waals surface area contributed by atoms with Gasteiger partial charge in [-0.1, -0.05) is 44.2 Å². The Balaban J connectivity index is 2.02. The number of hydrogen-bond donors (Lipinski definition) is 1. The molecule has 0 saturated carbocycles. The zero-order chi connectivity index (χ0) is 17.3. The smallest absolute Gasteiger partial charge is 0.407 e. The summed E-state index contributed by atoms with van der Waals surface area (Å²) in [6, 6.07) is 10.9. The fourth-order valence-electron chi connectivity index (χ4n) is 3.11. The van der Waals surface area contributed by atoms with Crippen LogP contribution in [0.5, 0.6) is 0 Å². The van der Waals surface area contributed by atoms with Crippen LogP contribution >= 0.6 is 0 Å². The summed E-state index contributed by atoms with van der Waals surface area (Å²) in [6.45, 7) is 14.1. The van der Waals surface area contributed by atoms with Gasteiger partial charge < -0.3 is 10.1 Å². The Morgan fingerprint density at radius 3 is 2.48 bits per heavy atom. The summed E-state index contributed by atoms with van der Waals surface area (Å²) in [6.07, 6.45) is -0.329. The van der Waals surface area contributed by atoms with E-state index in [1.54, 1.807) is 0 Å². The van der Waals surface area contributed by atoms with Crippen molar-refractivity contribution in [3.63, 3.8) is 0 Å². The Morgan fingerprint density at radius 2 is 1.91 bits per heavy atom. The highest BCUT2D eigenvalue weighted by molar-refractivity contribution is 5.68. The number of rotatable bonds is 3. The highest BCUT2D eigenvalue weighted by Crippen LogP contribution is 2.35. The summed E-state index contributed by atoms with van der Waals surface area (Å²) in [5.74, 6) is 0. The molecule has 1 fully saturated rings. The fraction of sp³-hybridized carbons (Fsp3) is 0.632. The highest BCUT2D eigenvalue weighted by Gasteiger charge is 2.42. The van der Waals surface area contributed by atoms with E-state index in [1.807, 2.05) is 26.8 Å². The highest BCUT2D eigenvalue weighted by atomic mass is 16.6. The van der Waals surface area contributed by atoms with Gasteiger partial charge in [-0.05, 0) is 38.7 Å². The molecule has 1 N–H and O–H groups in total. The van der Waals surface area contributed by atoms with Crippen molar-refractivity contribution in [3.8, 4) is 0 Å². The lowest BCUT2D eigenvalue weighted by Crippen LogP contribution is -2.46. The molecular formula is C19H30N2O2. The SMILES string of the molecule is C[C@H](c1ccccc1)N1CC(NC(=O)OC(C)(C)C)C(C)(C)C1. The molecule has 1 saturated heterocycles. The second kappa shape index (κ2) is 6.52. The van der Waals surface area contributed by atoms with Gasteiger partial charge >= 0.3 is 6.09 Å². The van der Waals surface area contributed by atoms with Gasteiger partial charge in [0, 0.05) is 19.1 Å². The van der Waals surface area contributed by atoms with Crippen molar-refractivity contribution in [1.29, 1.82) is 0 Å². The summed E-state index contributed by atoms with van der Waals surface area (Å²) in [4.78, 5) is 14.5. The number of hydrogen-bond acceptors (Lipinski definition) is 3. The largest absolute Gasteiger partial charge is 0.444 e. The number of benzene rings is 1. The minimum Gasteiger partial charge on any atom is -0.444 e. The van der Waals surface area contributed by atoms with Gasteiger partial charge in [-0.25, -0.2) is 4.79 Å². The van der Waals surface area contributed by atoms with Gasteiger partial charge in [0.1, 0.15) is 5.60 Å². The zero-order valence-electron chi connectivity index (χ0n) is 15.2. The molecule has 4 nitrogen and oxygen atoms in total. The van der Waals surface area contributed by atoms with Gasteiger partial charge in [-0.3, -0.25) is 4.90 Å². The van der Waals surface area contributed by atoms with E-state index in [9.17, 15) is 4.79 Å². The van der Waals surface area contributed by atoms with Crippen molar-refractivity contribution in [2.75, 3.05) is 13.1 Å². The van der Waals surface area contributed by atoms with Crippen LogP contribution in [0.3, 0.4) is 0 Å². The average molecular weight is 318 g/mol. The number of alkyl carbamates (subject to hydrolysis) is 1. The van der Waals surface area contributed by atoms with Gasteiger partial charge in [-0.2, -0.15) is 0 Å². The fourth-order valence-corrected chi connectivity index (χ4v) is 3.11. The van der Waals surface area contributed by atoms with Crippen molar-refractivity contribution in [1.82, 2.24) is 10.2 Å². The van der Waals surface area contributed by atoms with Crippen molar-refractivity contribution >= 4 is 6.09 Å². The summed E-state index contributed by atoms with van der Waals surface area (Å²) >= 11 is 0. The van der Waals surface area contributed by atoms with Crippen LogP contribution in [0.25, 0.3) is 0 Å². The summed E-state index contributed by atoms with van der Waals surface area (Å²) in [7, 11) is 0. The zero-order valence-corrected chi connectivity index (χ0v) is 15.2. The second-order valence-corrected chi connectivity index (χ2v) is 8.20. The topological polar surface area (TPSA) is 41.6 Å². The maximum absolute atomic E-state index is 12.1. The normalized spacial score (nSPS) is 22.6. The first kappa shape index (κ1) is 17.8. The van der Waals surface area contributed by atoms with E-state index in [2.05, 4.69) is 55.3 Å². The molecule has 1 heterocycles. The van der Waals surface area contributed by atoms with Crippen LogP contribution in [0, 0.1) is 5.41 Å². The van der Waals surface area contributed by atoms with E-state index in [4.69, 9.17) is 4.74 Å². The van der Waals surface area contributed by atoms with E-state index in [1.165, 1.54) is 5.56 Å². The van der Waals surface area contributed by atoms with Crippen LogP contribution in [0.1, 0.15) is 53.1 Å². The molecule has 1 aliphatic heterocycles. The third kappa shape index (κ3) is 4.71. The van der Waals surface area contributed by atoms with Crippen molar-refractivity contribution < 1.29 is 9.53 Å². The Labute approximate surface area is 140 Å². The number of carbonyl (C=O) groups excluding carboxylic acids is 1. The molecule has 1 unspecified atom stereocenters. The van der Waals surface area contributed by atoms with Crippen LogP contribution in [0.4, 0.5) is 4.79 Å². The Bertz CT molecular complexity index is 534. The number of nitrogens with zero attached hydrogens (tertiary/aromatic N) is 1. The Hall–Kier alpha value is -1.55. The van der Waals surface area contributed by atoms with Crippen LogP contribution in [-0.4, -0.2) is 35.7 Å². The molecule has 1 aromatic carbocycles. The third-order valence-electron chi connectivity index (χ3n) is 4.49. The minimum atomic E-state index is -0.468. The maximum atomic E-state index is 12.1. The van der Waals surface area contributed by atoms with Crippen molar-refractivity contribution in [3.05, 3.63) is 35.9 Å². The maximum Gasteiger partial charge on any atom is 0.407 e.